The average molecular weight is 359 g/mol. The van der Waals surface area contributed by atoms with E-state index in [-0.39, 0.29) is 24.7 Å². The Balaban J connectivity index is 2.34. The maximum Gasteiger partial charge on any atom is 0.306 e. The zero-order chi connectivity index (χ0) is 19.1. The molecule has 140 valence electrons. The van der Waals surface area contributed by atoms with Crippen molar-refractivity contribution in [3.8, 4) is 0 Å². The zero-order valence-electron chi connectivity index (χ0n) is 15.1. The van der Waals surface area contributed by atoms with E-state index in [0.717, 1.165) is 5.56 Å². The Labute approximate surface area is 153 Å². The van der Waals surface area contributed by atoms with Gasteiger partial charge in [0.25, 0.3) is 0 Å². The summed E-state index contributed by atoms with van der Waals surface area (Å²) in [5.74, 6) is -2.22. The van der Waals surface area contributed by atoms with E-state index in [1.807, 2.05) is 37.3 Å². The number of cyclic esters (lactones) is 1. The number of benzene rings is 1. The molecule has 1 aromatic rings. The Morgan fingerprint density at radius 3 is 2.58 bits per heavy atom. The first-order valence-corrected chi connectivity index (χ1v) is 8.78. The number of carbonyl (C=O) groups excluding carboxylic acids is 2. The molecule has 0 aromatic heterocycles. The van der Waals surface area contributed by atoms with Crippen molar-refractivity contribution in [1.29, 1.82) is 0 Å². The van der Waals surface area contributed by atoms with Crippen molar-refractivity contribution >= 4 is 17.8 Å². The van der Waals surface area contributed by atoms with Gasteiger partial charge in [0.2, 0.25) is 5.91 Å². The minimum absolute atomic E-state index is 0.226. The van der Waals surface area contributed by atoms with Gasteiger partial charge in [-0.3, -0.25) is 14.4 Å². The average Bonchev–Trinajstić information content (AvgIpc) is 2.62. The lowest BCUT2D eigenvalue weighted by molar-refractivity contribution is -0.156. The molecule has 1 aromatic carbocycles. The van der Waals surface area contributed by atoms with Crippen molar-refractivity contribution in [1.82, 2.24) is 4.90 Å². The number of ether oxygens (including phenoxy) is 1. The number of likely N-dealkylation sites (N-methyl/N-ethyl adjacent to an activating group) is 1. The summed E-state index contributed by atoms with van der Waals surface area (Å²) in [4.78, 5) is 37.7. The fourth-order valence-electron chi connectivity index (χ4n) is 3.04. The second-order valence-corrected chi connectivity index (χ2v) is 6.55. The van der Waals surface area contributed by atoms with E-state index < -0.39 is 24.0 Å². The van der Waals surface area contributed by atoms with E-state index in [1.54, 1.807) is 19.2 Å². The van der Waals surface area contributed by atoms with Gasteiger partial charge >= 0.3 is 11.9 Å². The van der Waals surface area contributed by atoms with Gasteiger partial charge in [0.15, 0.2) is 0 Å². The highest BCUT2D eigenvalue weighted by Gasteiger charge is 2.32. The van der Waals surface area contributed by atoms with Crippen LogP contribution < -0.4 is 0 Å². The third-order valence-corrected chi connectivity index (χ3v) is 4.66. The maximum atomic E-state index is 12.9. The molecule has 3 atom stereocenters. The molecule has 0 saturated heterocycles. The molecule has 1 heterocycles. The topological polar surface area (TPSA) is 83.9 Å². The molecule has 0 fully saturated rings. The van der Waals surface area contributed by atoms with Gasteiger partial charge in [-0.15, -0.1) is 0 Å². The molecule has 1 amide bonds. The van der Waals surface area contributed by atoms with Crippen LogP contribution in [0.2, 0.25) is 0 Å². The van der Waals surface area contributed by atoms with E-state index in [0.29, 0.717) is 12.8 Å². The molecule has 1 aliphatic heterocycles. The lowest BCUT2D eigenvalue weighted by atomic mass is 9.96. The third kappa shape index (κ3) is 5.18. The summed E-state index contributed by atoms with van der Waals surface area (Å²) in [6.45, 7) is 1.81. The van der Waals surface area contributed by atoms with Crippen LogP contribution >= 0.6 is 0 Å². The largest absolute Gasteiger partial charge is 0.481 e. The van der Waals surface area contributed by atoms with Crippen LogP contribution in [0.5, 0.6) is 0 Å². The van der Waals surface area contributed by atoms with Crippen LogP contribution in [-0.4, -0.2) is 40.9 Å². The number of carboxylic acids is 1. The molecule has 0 spiro atoms. The predicted molar refractivity (Wildman–Crippen MR) is 96.2 cm³/mol. The Hall–Kier alpha value is -2.63. The van der Waals surface area contributed by atoms with Gasteiger partial charge in [-0.1, -0.05) is 42.5 Å². The quantitative estimate of drug-likeness (QED) is 0.663. The van der Waals surface area contributed by atoms with Crippen LogP contribution in [-0.2, 0) is 19.1 Å². The summed E-state index contributed by atoms with van der Waals surface area (Å²) in [5, 5.41) is 9.12. The van der Waals surface area contributed by atoms with E-state index in [4.69, 9.17) is 9.84 Å². The molecule has 1 N–H and O–H groups in total. The summed E-state index contributed by atoms with van der Waals surface area (Å²) in [6, 6.07) is 8.86. The SMILES string of the molecule is C[C@@H]1[C@@H](c2ccccc2)OC(=O)CC/C=C\C[C@@H](CC(=O)O)C(=O)N1C. The predicted octanol–water partition coefficient (Wildman–Crippen LogP) is 2.95. The van der Waals surface area contributed by atoms with Crippen molar-refractivity contribution in [2.24, 2.45) is 5.92 Å². The van der Waals surface area contributed by atoms with Gasteiger partial charge in [-0.05, 0) is 25.3 Å². The highest BCUT2D eigenvalue weighted by molar-refractivity contribution is 5.83. The van der Waals surface area contributed by atoms with Crippen LogP contribution in [0.15, 0.2) is 42.5 Å². The van der Waals surface area contributed by atoms with Crippen LogP contribution in [0.3, 0.4) is 0 Å². The van der Waals surface area contributed by atoms with Crippen molar-refractivity contribution in [2.75, 3.05) is 7.05 Å². The van der Waals surface area contributed by atoms with Crippen LogP contribution in [0.1, 0.15) is 44.3 Å². The minimum Gasteiger partial charge on any atom is -0.481 e. The van der Waals surface area contributed by atoms with Crippen LogP contribution in [0, 0.1) is 5.92 Å². The van der Waals surface area contributed by atoms with Gasteiger partial charge in [-0.2, -0.15) is 0 Å². The van der Waals surface area contributed by atoms with Crippen LogP contribution in [0.4, 0.5) is 0 Å². The number of amides is 1. The summed E-state index contributed by atoms with van der Waals surface area (Å²) in [7, 11) is 1.63. The number of rotatable bonds is 3. The summed E-state index contributed by atoms with van der Waals surface area (Å²) < 4.78 is 5.67. The highest BCUT2D eigenvalue weighted by atomic mass is 16.5. The number of allylic oxidation sites excluding steroid dienone is 2. The summed E-state index contributed by atoms with van der Waals surface area (Å²) in [5.41, 5.74) is 0.801. The molecule has 6 heteroatoms. The molecule has 1 aliphatic rings. The number of carbonyl (C=O) groups is 3. The molecule has 6 nitrogen and oxygen atoms in total. The number of aliphatic carboxylic acids is 1. The summed E-state index contributed by atoms with van der Waals surface area (Å²) >= 11 is 0. The van der Waals surface area contributed by atoms with E-state index in [2.05, 4.69) is 0 Å². The molecule has 0 bridgehead atoms. The monoisotopic (exact) mass is 359 g/mol. The van der Waals surface area contributed by atoms with Crippen molar-refractivity contribution in [2.45, 2.75) is 44.8 Å². The molecule has 2 rings (SSSR count). The highest BCUT2D eigenvalue weighted by Crippen LogP contribution is 2.27. The first kappa shape index (κ1) is 19.7. The molecular formula is C20H25NO5. The molecule has 0 radical (unpaired) electrons. The van der Waals surface area contributed by atoms with Crippen molar-refractivity contribution in [3.63, 3.8) is 0 Å². The Morgan fingerprint density at radius 2 is 1.92 bits per heavy atom. The standard InChI is InChI=1S/C20H25NO5/c1-14-19(15-9-5-3-6-10-15)26-18(24)12-8-4-7-11-16(13-17(22)23)20(25)21(14)2/h3-7,9-10,14,16,19H,8,11-13H2,1-2H3,(H,22,23)/b7-4-/t14-,16+,19+/m1/s1. The lowest BCUT2D eigenvalue weighted by Gasteiger charge is -2.34. The Morgan fingerprint density at radius 1 is 1.23 bits per heavy atom. The molecular weight excluding hydrogens is 334 g/mol. The van der Waals surface area contributed by atoms with E-state index >= 15 is 0 Å². The molecule has 0 aliphatic carbocycles. The Bertz CT molecular complexity index is 670. The van der Waals surface area contributed by atoms with Gasteiger partial charge in [0, 0.05) is 13.5 Å². The second kappa shape index (κ2) is 9.17. The fourth-order valence-corrected chi connectivity index (χ4v) is 3.04. The minimum atomic E-state index is -1.00. The number of esters is 1. The van der Waals surface area contributed by atoms with Gasteiger partial charge in [0.05, 0.1) is 18.4 Å². The lowest BCUT2D eigenvalue weighted by Crippen LogP contribution is -2.43. The van der Waals surface area contributed by atoms with Crippen molar-refractivity contribution in [3.05, 3.63) is 48.0 Å². The van der Waals surface area contributed by atoms with Gasteiger partial charge in [0.1, 0.15) is 6.10 Å². The first-order valence-electron chi connectivity index (χ1n) is 8.78. The zero-order valence-corrected chi connectivity index (χ0v) is 15.1. The second-order valence-electron chi connectivity index (χ2n) is 6.55. The third-order valence-electron chi connectivity index (χ3n) is 4.66. The molecule has 0 unspecified atom stereocenters. The first-order chi connectivity index (χ1) is 12.4. The number of hydrogen-bond donors (Lipinski definition) is 1. The van der Waals surface area contributed by atoms with E-state index in [1.165, 1.54) is 4.90 Å². The fraction of sp³-hybridized carbons (Fsp3) is 0.450. The maximum absolute atomic E-state index is 12.9. The van der Waals surface area contributed by atoms with Crippen LogP contribution in [0.25, 0.3) is 0 Å². The number of hydrogen-bond acceptors (Lipinski definition) is 4. The normalized spacial score (nSPS) is 26.4. The Kier molecular flexibility index (Phi) is 6.95. The number of carboxylic acid groups (broad SMARTS) is 1. The summed E-state index contributed by atoms with van der Waals surface area (Å²) in [6.07, 6.45) is 3.82. The smallest absolute Gasteiger partial charge is 0.306 e. The molecule has 0 saturated carbocycles. The van der Waals surface area contributed by atoms with E-state index in [9.17, 15) is 14.4 Å². The molecule has 26 heavy (non-hydrogen) atoms. The van der Waals surface area contributed by atoms with Gasteiger partial charge in [-0.25, -0.2) is 0 Å². The van der Waals surface area contributed by atoms with Crippen molar-refractivity contribution < 1.29 is 24.2 Å². The van der Waals surface area contributed by atoms with Gasteiger partial charge < -0.3 is 14.7 Å². The number of nitrogens with zero attached hydrogens (tertiary/aromatic N) is 1.